The first-order valence-electron chi connectivity index (χ1n) is 2.22. The van der Waals surface area contributed by atoms with Crippen molar-refractivity contribution in [2.24, 2.45) is 0 Å². The normalized spacial score (nSPS) is 26.6. The molecule has 0 aromatic rings. The van der Waals surface area contributed by atoms with Gasteiger partial charge < -0.3 is 4.74 Å². The van der Waals surface area contributed by atoms with Crippen LogP contribution in [0.4, 0.5) is 0 Å². The second kappa shape index (κ2) is 1.62. The van der Waals surface area contributed by atoms with E-state index in [1.54, 1.807) is 0 Å². The van der Waals surface area contributed by atoms with Gasteiger partial charge in [0.2, 0.25) is 0 Å². The fraction of sp³-hybridized carbons (Fsp3) is 1.00. The summed E-state index contributed by atoms with van der Waals surface area (Å²) in [6.45, 7) is 3.48. The van der Waals surface area contributed by atoms with Gasteiger partial charge in [-0.05, 0) is 18.7 Å². The maximum atomic E-state index is 5.31. The molecule has 0 saturated carbocycles. The van der Waals surface area contributed by atoms with E-state index >= 15 is 0 Å². The summed E-state index contributed by atoms with van der Waals surface area (Å²) in [6.07, 6.45) is 0. The average molecular weight is 122 g/mol. The Hall–Kier alpha value is 0.210. The second-order valence-corrected chi connectivity index (χ2v) is 2.34. The third-order valence-electron chi connectivity index (χ3n) is 1.07. The van der Waals surface area contributed by atoms with Crippen LogP contribution in [0.5, 0.6) is 0 Å². The minimum Gasteiger partial charge on any atom is -0.377 e. The predicted molar refractivity (Wildman–Crippen MR) is 28.2 cm³/mol. The number of ether oxygens (including phenoxy) is 1. The third kappa shape index (κ3) is 0.876. The van der Waals surface area contributed by atoms with Crippen LogP contribution in [-0.2, 0) is 4.74 Å². The summed E-state index contributed by atoms with van der Waals surface area (Å²) in [5.74, 6) is 0. The van der Waals surface area contributed by atoms with Crippen LogP contribution in [0.3, 0.4) is 0 Å². The number of hydrogen-bond donors (Lipinski definition) is 1. The summed E-state index contributed by atoms with van der Waals surface area (Å²) < 4.78 is 4.88. The van der Waals surface area contributed by atoms with Crippen molar-refractivity contribution in [3.05, 3.63) is 0 Å². The zero-order valence-electron chi connectivity index (χ0n) is 4.20. The van der Waals surface area contributed by atoms with Crippen LogP contribution in [0, 0.1) is 0 Å². The standard InChI is InChI=1S/C4H8ClNO/c1-4(6-5)2-7-3-4/h6H,2-3H2,1H3. The van der Waals surface area contributed by atoms with Crippen molar-refractivity contribution in [2.45, 2.75) is 12.5 Å². The summed E-state index contributed by atoms with van der Waals surface area (Å²) in [5, 5.41) is 0. The molecule has 0 atom stereocenters. The predicted octanol–water partition coefficient (Wildman–Crippen LogP) is 0.519. The highest BCUT2D eigenvalue weighted by Crippen LogP contribution is 2.15. The van der Waals surface area contributed by atoms with E-state index in [1.165, 1.54) is 0 Å². The zero-order valence-corrected chi connectivity index (χ0v) is 4.96. The molecule has 1 fully saturated rings. The summed E-state index contributed by atoms with van der Waals surface area (Å²) in [6, 6.07) is 0. The van der Waals surface area contributed by atoms with Gasteiger partial charge in [-0.1, -0.05) is 0 Å². The minimum absolute atomic E-state index is 0.0571. The first kappa shape index (κ1) is 5.35. The van der Waals surface area contributed by atoms with E-state index in [9.17, 15) is 0 Å². The summed E-state index contributed by atoms with van der Waals surface area (Å²) in [7, 11) is 0. The molecule has 0 aliphatic carbocycles. The lowest BCUT2D eigenvalue weighted by Crippen LogP contribution is -2.54. The van der Waals surface area contributed by atoms with Gasteiger partial charge in [0.05, 0.1) is 18.8 Å². The van der Waals surface area contributed by atoms with Crippen LogP contribution in [0.1, 0.15) is 6.92 Å². The van der Waals surface area contributed by atoms with Crippen LogP contribution >= 0.6 is 11.8 Å². The highest BCUT2D eigenvalue weighted by Gasteiger charge is 2.31. The first-order chi connectivity index (χ1) is 3.27. The molecule has 1 aliphatic rings. The number of nitrogens with one attached hydrogen (secondary N) is 1. The lowest BCUT2D eigenvalue weighted by Gasteiger charge is -2.35. The van der Waals surface area contributed by atoms with Crippen molar-refractivity contribution in [1.29, 1.82) is 0 Å². The SMILES string of the molecule is CC1(NCl)COC1. The van der Waals surface area contributed by atoms with E-state index in [1.807, 2.05) is 6.92 Å². The minimum atomic E-state index is 0.0571. The van der Waals surface area contributed by atoms with Gasteiger partial charge in [0.25, 0.3) is 0 Å². The molecule has 0 unspecified atom stereocenters. The quantitative estimate of drug-likeness (QED) is 0.511. The van der Waals surface area contributed by atoms with E-state index in [0.29, 0.717) is 0 Å². The van der Waals surface area contributed by atoms with E-state index in [2.05, 4.69) is 4.84 Å². The Bertz CT molecular complexity index is 66.6. The van der Waals surface area contributed by atoms with Gasteiger partial charge >= 0.3 is 0 Å². The van der Waals surface area contributed by atoms with E-state index in [4.69, 9.17) is 16.5 Å². The van der Waals surface area contributed by atoms with Crippen molar-refractivity contribution in [3.8, 4) is 0 Å². The van der Waals surface area contributed by atoms with Crippen molar-refractivity contribution in [3.63, 3.8) is 0 Å². The molecular formula is C4H8ClNO. The Kier molecular flexibility index (Phi) is 1.24. The Labute approximate surface area is 47.9 Å². The highest BCUT2D eigenvalue weighted by atomic mass is 35.5. The summed E-state index contributed by atoms with van der Waals surface area (Å²) in [5.41, 5.74) is 0.0571. The Morgan fingerprint density at radius 1 is 1.71 bits per heavy atom. The first-order valence-corrected chi connectivity index (χ1v) is 2.60. The van der Waals surface area contributed by atoms with Crippen LogP contribution in [-0.4, -0.2) is 18.8 Å². The molecule has 1 aliphatic heterocycles. The van der Waals surface area contributed by atoms with Gasteiger partial charge in [-0.2, -0.15) is 0 Å². The smallest absolute Gasteiger partial charge is 0.0769 e. The number of halogens is 1. The summed E-state index contributed by atoms with van der Waals surface area (Å²) in [4.78, 5) is 2.62. The molecule has 2 nitrogen and oxygen atoms in total. The molecule has 1 rings (SSSR count). The molecule has 0 radical (unpaired) electrons. The Morgan fingerprint density at radius 2 is 2.29 bits per heavy atom. The fourth-order valence-corrected chi connectivity index (χ4v) is 0.572. The van der Waals surface area contributed by atoms with Gasteiger partial charge in [0, 0.05) is 0 Å². The van der Waals surface area contributed by atoms with Gasteiger partial charge in [0.1, 0.15) is 0 Å². The maximum absolute atomic E-state index is 5.31. The Morgan fingerprint density at radius 3 is 2.29 bits per heavy atom. The van der Waals surface area contributed by atoms with Gasteiger partial charge in [-0.15, -0.1) is 0 Å². The fourth-order valence-electron chi connectivity index (χ4n) is 0.463. The van der Waals surface area contributed by atoms with Crippen LogP contribution in [0.25, 0.3) is 0 Å². The van der Waals surface area contributed by atoms with Gasteiger partial charge in [-0.25, -0.2) is 4.84 Å². The molecule has 7 heavy (non-hydrogen) atoms. The molecule has 42 valence electrons. The molecule has 0 aromatic carbocycles. The van der Waals surface area contributed by atoms with E-state index in [-0.39, 0.29) is 5.54 Å². The van der Waals surface area contributed by atoms with E-state index < -0.39 is 0 Å². The molecule has 3 heteroatoms. The van der Waals surface area contributed by atoms with Crippen molar-refractivity contribution in [1.82, 2.24) is 4.84 Å². The summed E-state index contributed by atoms with van der Waals surface area (Å²) >= 11 is 5.31. The molecule has 1 N–H and O–H groups in total. The molecule has 0 bridgehead atoms. The molecule has 1 heterocycles. The Balaban J connectivity index is 2.29. The lowest BCUT2D eigenvalue weighted by molar-refractivity contribution is -0.0521. The lowest BCUT2D eigenvalue weighted by atomic mass is 10.0. The van der Waals surface area contributed by atoms with Gasteiger partial charge in [-0.3, -0.25) is 0 Å². The number of hydrogen-bond acceptors (Lipinski definition) is 2. The number of rotatable bonds is 1. The van der Waals surface area contributed by atoms with Crippen LogP contribution in [0.2, 0.25) is 0 Å². The third-order valence-corrected chi connectivity index (χ3v) is 1.53. The molecular weight excluding hydrogens is 114 g/mol. The average Bonchev–Trinajstić information content (AvgIpc) is 1.61. The van der Waals surface area contributed by atoms with Crippen LogP contribution < -0.4 is 4.84 Å². The molecule has 0 aromatic heterocycles. The van der Waals surface area contributed by atoms with Crippen LogP contribution in [0.15, 0.2) is 0 Å². The topological polar surface area (TPSA) is 21.3 Å². The molecule has 1 saturated heterocycles. The highest BCUT2D eigenvalue weighted by molar-refractivity contribution is 6.13. The van der Waals surface area contributed by atoms with Crippen molar-refractivity contribution >= 4 is 11.8 Å². The monoisotopic (exact) mass is 121 g/mol. The van der Waals surface area contributed by atoms with Crippen molar-refractivity contribution in [2.75, 3.05) is 13.2 Å². The molecule has 0 amide bonds. The maximum Gasteiger partial charge on any atom is 0.0769 e. The largest absolute Gasteiger partial charge is 0.377 e. The van der Waals surface area contributed by atoms with Gasteiger partial charge in [0.15, 0.2) is 0 Å². The van der Waals surface area contributed by atoms with Crippen molar-refractivity contribution < 1.29 is 4.74 Å². The zero-order chi connectivity index (χ0) is 5.33. The second-order valence-electron chi connectivity index (χ2n) is 2.15. The van der Waals surface area contributed by atoms with E-state index in [0.717, 1.165) is 13.2 Å². The molecule has 0 spiro atoms.